The lowest BCUT2D eigenvalue weighted by atomic mass is 10.0. The van der Waals surface area contributed by atoms with Gasteiger partial charge < -0.3 is 9.30 Å². The topological polar surface area (TPSA) is 94.4 Å². The number of hydrogen-bond acceptors (Lipinski definition) is 6. The number of imidazole rings is 1. The van der Waals surface area contributed by atoms with Gasteiger partial charge in [0.15, 0.2) is 0 Å². The second-order valence-corrected chi connectivity index (χ2v) is 10.5. The molecule has 0 saturated carbocycles. The molecule has 0 unspecified atom stereocenters. The molecule has 9 heteroatoms. The third kappa shape index (κ3) is 5.59. The van der Waals surface area contributed by atoms with Crippen LogP contribution in [0.2, 0.25) is 0 Å². The van der Waals surface area contributed by atoms with Crippen molar-refractivity contribution in [1.29, 1.82) is 0 Å². The number of rotatable bonds is 10. The molecule has 0 bridgehead atoms. The summed E-state index contributed by atoms with van der Waals surface area (Å²) in [6.45, 7) is 8.49. The van der Waals surface area contributed by atoms with Crippen molar-refractivity contribution in [3.63, 3.8) is 0 Å². The van der Waals surface area contributed by atoms with Crippen molar-refractivity contribution in [3.8, 4) is 0 Å². The van der Waals surface area contributed by atoms with Crippen LogP contribution in [0.3, 0.4) is 0 Å². The van der Waals surface area contributed by atoms with Gasteiger partial charge in [-0.05, 0) is 56.4 Å². The third-order valence-corrected chi connectivity index (χ3v) is 7.54. The van der Waals surface area contributed by atoms with E-state index in [1.165, 1.54) is 7.05 Å². The van der Waals surface area contributed by atoms with Crippen LogP contribution in [0.1, 0.15) is 38.6 Å². The third-order valence-electron chi connectivity index (χ3n) is 5.66. The van der Waals surface area contributed by atoms with E-state index >= 15 is 0 Å². The molecule has 33 heavy (non-hydrogen) atoms. The zero-order valence-corrected chi connectivity index (χ0v) is 20.7. The lowest BCUT2D eigenvalue weighted by Crippen LogP contribution is -2.44. The maximum absolute atomic E-state index is 13.2. The van der Waals surface area contributed by atoms with Crippen LogP contribution >= 0.6 is 0 Å². The van der Waals surface area contributed by atoms with Gasteiger partial charge in [-0.2, -0.15) is 4.31 Å². The molecular formula is C24H32N4O4S. The molecule has 0 saturated heterocycles. The molecule has 0 aliphatic heterocycles. The van der Waals surface area contributed by atoms with E-state index in [0.29, 0.717) is 6.42 Å². The molecule has 3 rings (SSSR count). The number of hydrogen-bond donors (Lipinski definition) is 0. The van der Waals surface area contributed by atoms with Gasteiger partial charge in [0.25, 0.3) is 0 Å². The van der Waals surface area contributed by atoms with Crippen LogP contribution in [0.4, 0.5) is 0 Å². The standard InChI is InChI=1S/C24H32N4O4S/c1-6-32-24(29)23(15-17(2)3)27(5)33(30,31)20-9-7-19(8-10-20)12-14-28-18(4)26-21-16-25-13-11-22(21)28/h7-11,13,16-17,23H,6,12,14-15H2,1-5H3/t23-/m0/s1. The molecule has 0 fully saturated rings. The molecule has 8 nitrogen and oxygen atoms in total. The van der Waals surface area contributed by atoms with Crippen LogP contribution in [0.25, 0.3) is 11.0 Å². The van der Waals surface area contributed by atoms with E-state index in [2.05, 4.69) is 14.5 Å². The van der Waals surface area contributed by atoms with E-state index in [4.69, 9.17) is 4.74 Å². The van der Waals surface area contributed by atoms with Crippen molar-refractivity contribution in [2.24, 2.45) is 5.92 Å². The molecule has 1 aromatic carbocycles. The Bertz CT molecular complexity index is 1200. The average molecular weight is 473 g/mol. The Kier molecular flexibility index (Phi) is 7.86. The number of aromatic nitrogens is 3. The van der Waals surface area contributed by atoms with Crippen LogP contribution in [-0.2, 0) is 32.5 Å². The number of benzene rings is 1. The average Bonchev–Trinajstić information content (AvgIpc) is 3.10. The molecule has 0 N–H and O–H groups in total. The number of aryl methyl sites for hydroxylation is 3. The first kappa shape index (κ1) is 24.9. The Morgan fingerprint density at radius 3 is 2.52 bits per heavy atom. The number of carbonyl (C=O) groups excluding carboxylic acids is 1. The summed E-state index contributed by atoms with van der Waals surface area (Å²) in [5.74, 6) is 0.527. The van der Waals surface area contributed by atoms with Gasteiger partial charge in [-0.3, -0.25) is 9.78 Å². The van der Waals surface area contributed by atoms with E-state index in [-0.39, 0.29) is 17.4 Å². The molecule has 0 amide bonds. The summed E-state index contributed by atoms with van der Waals surface area (Å²) in [6, 6.07) is 7.92. The number of carbonyl (C=O) groups is 1. The molecule has 2 heterocycles. The number of sulfonamides is 1. The summed E-state index contributed by atoms with van der Waals surface area (Å²) >= 11 is 0. The van der Waals surface area contributed by atoms with Gasteiger partial charge >= 0.3 is 5.97 Å². The second kappa shape index (κ2) is 10.4. The zero-order valence-electron chi connectivity index (χ0n) is 19.9. The first-order valence-corrected chi connectivity index (χ1v) is 12.6. The predicted octanol–water partition coefficient (Wildman–Crippen LogP) is 3.58. The number of esters is 1. The summed E-state index contributed by atoms with van der Waals surface area (Å²) in [4.78, 5) is 21.2. The number of nitrogens with zero attached hydrogens (tertiary/aromatic N) is 4. The van der Waals surface area contributed by atoms with E-state index in [1.807, 2.05) is 39.0 Å². The van der Waals surface area contributed by atoms with Gasteiger partial charge in [0.05, 0.1) is 23.2 Å². The fourth-order valence-electron chi connectivity index (χ4n) is 3.87. The Labute approximate surface area is 195 Å². The lowest BCUT2D eigenvalue weighted by molar-refractivity contribution is -0.147. The maximum Gasteiger partial charge on any atom is 0.324 e. The molecular weight excluding hydrogens is 440 g/mol. The van der Waals surface area contributed by atoms with Crippen LogP contribution in [0.15, 0.2) is 47.6 Å². The van der Waals surface area contributed by atoms with Gasteiger partial charge in [0.2, 0.25) is 10.0 Å². The molecule has 1 atom stereocenters. The highest BCUT2D eigenvalue weighted by Gasteiger charge is 2.34. The molecule has 2 aromatic heterocycles. The highest BCUT2D eigenvalue weighted by atomic mass is 32.2. The molecule has 3 aromatic rings. The number of pyridine rings is 1. The van der Waals surface area contributed by atoms with Gasteiger partial charge in [-0.15, -0.1) is 0 Å². The minimum atomic E-state index is -3.85. The summed E-state index contributed by atoms with van der Waals surface area (Å²) in [6.07, 6.45) is 4.61. The highest BCUT2D eigenvalue weighted by Crippen LogP contribution is 2.22. The van der Waals surface area contributed by atoms with Crippen molar-refractivity contribution in [2.75, 3.05) is 13.7 Å². The van der Waals surface area contributed by atoms with Crippen molar-refractivity contribution < 1.29 is 17.9 Å². The van der Waals surface area contributed by atoms with Crippen LogP contribution in [0, 0.1) is 12.8 Å². The summed E-state index contributed by atoms with van der Waals surface area (Å²) < 4.78 is 34.8. The fraction of sp³-hybridized carbons (Fsp3) is 0.458. The maximum atomic E-state index is 13.2. The molecule has 0 aliphatic carbocycles. The first-order chi connectivity index (χ1) is 15.6. The molecule has 178 valence electrons. The first-order valence-electron chi connectivity index (χ1n) is 11.2. The predicted molar refractivity (Wildman–Crippen MR) is 127 cm³/mol. The van der Waals surface area contributed by atoms with E-state index < -0.39 is 22.0 Å². The lowest BCUT2D eigenvalue weighted by Gasteiger charge is -2.27. The van der Waals surface area contributed by atoms with Crippen molar-refractivity contribution in [3.05, 3.63) is 54.1 Å². The van der Waals surface area contributed by atoms with E-state index in [9.17, 15) is 13.2 Å². The van der Waals surface area contributed by atoms with Crippen molar-refractivity contribution in [1.82, 2.24) is 18.8 Å². The molecule has 0 radical (unpaired) electrons. The molecule has 0 spiro atoms. The second-order valence-electron chi connectivity index (χ2n) is 8.49. The van der Waals surface area contributed by atoms with E-state index in [1.54, 1.807) is 31.5 Å². The van der Waals surface area contributed by atoms with Gasteiger partial charge in [-0.1, -0.05) is 26.0 Å². The Balaban J connectivity index is 1.76. The zero-order chi connectivity index (χ0) is 24.2. The Morgan fingerprint density at radius 1 is 1.18 bits per heavy atom. The SMILES string of the molecule is CCOC(=O)[C@H](CC(C)C)N(C)S(=O)(=O)c1ccc(CCn2c(C)nc3cnccc32)cc1. The smallest absolute Gasteiger partial charge is 0.324 e. The van der Waals surface area contributed by atoms with Crippen LogP contribution in [0.5, 0.6) is 0 Å². The van der Waals surface area contributed by atoms with Crippen LogP contribution in [-0.4, -0.2) is 52.9 Å². The largest absolute Gasteiger partial charge is 0.465 e. The number of ether oxygens (including phenoxy) is 1. The number of fused-ring (bicyclic) bond motifs is 1. The van der Waals surface area contributed by atoms with Crippen molar-refractivity contribution >= 4 is 27.0 Å². The summed E-state index contributed by atoms with van der Waals surface area (Å²) in [5.41, 5.74) is 2.89. The van der Waals surface area contributed by atoms with Gasteiger partial charge in [-0.25, -0.2) is 13.4 Å². The summed E-state index contributed by atoms with van der Waals surface area (Å²) in [5, 5.41) is 0. The van der Waals surface area contributed by atoms with Gasteiger partial charge in [0, 0.05) is 19.8 Å². The monoisotopic (exact) mass is 472 g/mol. The summed E-state index contributed by atoms with van der Waals surface area (Å²) in [7, 11) is -2.41. The van der Waals surface area contributed by atoms with E-state index in [0.717, 1.165) is 39.7 Å². The highest BCUT2D eigenvalue weighted by molar-refractivity contribution is 7.89. The fourth-order valence-corrected chi connectivity index (χ4v) is 5.18. The quantitative estimate of drug-likeness (QED) is 0.419. The normalized spacial score (nSPS) is 13.1. The Morgan fingerprint density at radius 2 is 1.88 bits per heavy atom. The Hall–Kier alpha value is -2.78. The van der Waals surface area contributed by atoms with Crippen molar-refractivity contribution in [2.45, 2.75) is 58.0 Å². The minimum Gasteiger partial charge on any atom is -0.465 e. The minimum absolute atomic E-state index is 0.137. The number of likely N-dealkylation sites (N-methyl/N-ethyl adjacent to an activating group) is 1. The molecule has 0 aliphatic rings. The van der Waals surface area contributed by atoms with Crippen LogP contribution < -0.4 is 0 Å². The van der Waals surface area contributed by atoms with Gasteiger partial charge in [0.1, 0.15) is 17.4 Å².